The zero-order valence-electron chi connectivity index (χ0n) is 6.63. The summed E-state index contributed by atoms with van der Waals surface area (Å²) < 4.78 is 4.29. The Morgan fingerprint density at radius 2 is 2.50 bits per heavy atom. The number of nitriles is 1. The van der Waals surface area contributed by atoms with E-state index >= 15 is 0 Å². The van der Waals surface area contributed by atoms with Crippen LogP contribution < -0.4 is 5.32 Å². The molecule has 1 atom stereocenters. The van der Waals surface area contributed by atoms with Crippen molar-refractivity contribution in [2.75, 3.05) is 7.11 Å². The normalized spacial score (nSPS) is 11.1. The zero-order valence-corrected chi connectivity index (χ0v) is 7.39. The van der Waals surface area contributed by atoms with Gasteiger partial charge in [-0.3, -0.25) is 0 Å². The Morgan fingerprint density at radius 1 is 1.92 bits per heavy atom. The van der Waals surface area contributed by atoms with Crippen LogP contribution in [0.25, 0.3) is 0 Å². The third-order valence-corrected chi connectivity index (χ3v) is 1.21. The molecule has 0 aliphatic carbocycles. The van der Waals surface area contributed by atoms with Crippen molar-refractivity contribution in [1.82, 2.24) is 5.32 Å². The van der Waals surface area contributed by atoms with Crippen molar-refractivity contribution in [1.29, 1.82) is 5.26 Å². The van der Waals surface area contributed by atoms with Crippen LogP contribution in [0.4, 0.5) is 4.79 Å². The Morgan fingerprint density at radius 3 is 2.83 bits per heavy atom. The highest BCUT2D eigenvalue weighted by Crippen LogP contribution is 2.06. The molecule has 0 radical (unpaired) electrons. The maximum Gasteiger partial charge on any atom is 0.407 e. The second kappa shape index (κ2) is 5.44. The lowest BCUT2D eigenvalue weighted by Gasteiger charge is -2.08. The van der Waals surface area contributed by atoms with Gasteiger partial charge in [0.25, 0.3) is 0 Å². The molecule has 0 spiro atoms. The lowest BCUT2D eigenvalue weighted by molar-refractivity contribution is 0.169. The van der Waals surface area contributed by atoms with Gasteiger partial charge < -0.3 is 10.1 Å². The van der Waals surface area contributed by atoms with Crippen molar-refractivity contribution >= 4 is 17.7 Å². The Hall–Kier alpha value is -1.21. The Kier molecular flexibility index (Phi) is 4.89. The molecule has 0 bridgehead atoms. The first kappa shape index (κ1) is 10.8. The van der Waals surface area contributed by atoms with Crippen LogP contribution in [0.15, 0.2) is 11.6 Å². The highest BCUT2D eigenvalue weighted by Gasteiger charge is 2.11. The van der Waals surface area contributed by atoms with Crippen molar-refractivity contribution in [2.24, 2.45) is 0 Å². The predicted molar refractivity (Wildman–Crippen MR) is 44.6 cm³/mol. The van der Waals surface area contributed by atoms with Crippen LogP contribution in [-0.4, -0.2) is 19.2 Å². The van der Waals surface area contributed by atoms with Gasteiger partial charge in [0.05, 0.1) is 13.2 Å². The molecule has 0 aromatic carbocycles. The van der Waals surface area contributed by atoms with Crippen molar-refractivity contribution in [3.63, 3.8) is 0 Å². The van der Waals surface area contributed by atoms with E-state index in [1.54, 1.807) is 0 Å². The molecule has 4 nitrogen and oxygen atoms in total. The molecule has 0 aliphatic rings. The van der Waals surface area contributed by atoms with Crippen LogP contribution in [0.5, 0.6) is 0 Å². The average Bonchev–Trinajstić information content (AvgIpc) is 2.02. The maximum absolute atomic E-state index is 10.6. The minimum absolute atomic E-state index is 0.215. The largest absolute Gasteiger partial charge is 0.453 e. The number of rotatable bonds is 3. The number of amides is 1. The number of carbonyl (C=O) groups excluding carboxylic acids is 1. The molecule has 0 fully saturated rings. The summed E-state index contributed by atoms with van der Waals surface area (Å²) in [5.74, 6) is 0. The summed E-state index contributed by atoms with van der Waals surface area (Å²) in [5.41, 5.74) is 0. The van der Waals surface area contributed by atoms with E-state index < -0.39 is 12.1 Å². The van der Waals surface area contributed by atoms with Gasteiger partial charge in [0.2, 0.25) is 0 Å². The molecule has 0 aromatic heterocycles. The van der Waals surface area contributed by atoms with E-state index in [0.717, 1.165) is 0 Å². The first-order valence-corrected chi connectivity index (χ1v) is 3.55. The summed E-state index contributed by atoms with van der Waals surface area (Å²) in [6, 6.07) is 1.16. The zero-order chi connectivity index (χ0) is 9.56. The Bertz CT molecular complexity index is 222. The molecule has 0 aliphatic heterocycles. The van der Waals surface area contributed by atoms with Gasteiger partial charge >= 0.3 is 6.09 Å². The molecule has 66 valence electrons. The summed E-state index contributed by atoms with van der Waals surface area (Å²) in [6.45, 7) is 3.40. The fourth-order valence-corrected chi connectivity index (χ4v) is 0.706. The third-order valence-electron chi connectivity index (χ3n) is 1.06. The van der Waals surface area contributed by atoms with E-state index in [-0.39, 0.29) is 6.42 Å². The lowest BCUT2D eigenvalue weighted by Crippen LogP contribution is -2.33. The fourth-order valence-electron chi connectivity index (χ4n) is 0.552. The number of nitrogens with zero attached hydrogens (tertiary/aromatic N) is 1. The van der Waals surface area contributed by atoms with E-state index in [1.807, 2.05) is 6.07 Å². The summed E-state index contributed by atoms with van der Waals surface area (Å²) in [5, 5.41) is 11.1. The van der Waals surface area contributed by atoms with Gasteiger partial charge in [0, 0.05) is 11.5 Å². The molecule has 12 heavy (non-hydrogen) atoms. The highest BCUT2D eigenvalue weighted by molar-refractivity contribution is 6.29. The van der Waals surface area contributed by atoms with Crippen LogP contribution in [0.1, 0.15) is 6.42 Å². The van der Waals surface area contributed by atoms with Gasteiger partial charge in [-0.05, 0) is 0 Å². The van der Waals surface area contributed by atoms with E-state index in [4.69, 9.17) is 16.9 Å². The molecular weight excluding hydrogens is 180 g/mol. The molecule has 0 heterocycles. The smallest absolute Gasteiger partial charge is 0.407 e. The average molecular weight is 189 g/mol. The monoisotopic (exact) mass is 188 g/mol. The Labute approximate surface area is 75.8 Å². The number of ether oxygens (including phenoxy) is 1. The molecule has 0 aromatic rings. The first-order valence-electron chi connectivity index (χ1n) is 3.17. The van der Waals surface area contributed by atoms with E-state index in [2.05, 4.69) is 16.6 Å². The topological polar surface area (TPSA) is 62.1 Å². The number of methoxy groups -OCH3 is 1. The van der Waals surface area contributed by atoms with E-state index in [0.29, 0.717) is 5.03 Å². The summed E-state index contributed by atoms with van der Waals surface area (Å²) in [6.07, 6.45) is -0.438. The fraction of sp³-hybridized carbons (Fsp3) is 0.429. The number of alkyl carbamates (subject to hydrolysis) is 1. The predicted octanol–water partition coefficient (Wildman–Crippen LogP) is 1.38. The summed E-state index contributed by atoms with van der Waals surface area (Å²) >= 11 is 5.44. The second-order valence-electron chi connectivity index (χ2n) is 2.04. The molecule has 0 saturated heterocycles. The SMILES string of the molecule is C=C(Cl)CC(C#N)NC(=O)OC. The molecule has 1 unspecified atom stereocenters. The van der Waals surface area contributed by atoms with Gasteiger partial charge in [-0.15, -0.1) is 0 Å². The number of carbonyl (C=O) groups is 1. The van der Waals surface area contributed by atoms with Gasteiger partial charge in [0.1, 0.15) is 6.04 Å². The van der Waals surface area contributed by atoms with Crippen LogP contribution in [-0.2, 0) is 4.74 Å². The minimum atomic E-state index is -0.678. The van der Waals surface area contributed by atoms with Gasteiger partial charge in [-0.1, -0.05) is 18.2 Å². The van der Waals surface area contributed by atoms with Crippen LogP contribution >= 0.6 is 11.6 Å². The van der Waals surface area contributed by atoms with Gasteiger partial charge in [0.15, 0.2) is 0 Å². The standard InChI is InChI=1S/C7H9ClN2O2/c1-5(8)3-6(4-9)10-7(11)12-2/h6H,1,3H2,2H3,(H,10,11). The molecule has 5 heteroatoms. The van der Waals surface area contributed by atoms with E-state index in [9.17, 15) is 4.79 Å². The maximum atomic E-state index is 10.6. The Balaban J connectivity index is 3.93. The van der Waals surface area contributed by atoms with Crippen LogP contribution in [0.2, 0.25) is 0 Å². The molecular formula is C7H9ClN2O2. The van der Waals surface area contributed by atoms with Gasteiger partial charge in [-0.2, -0.15) is 5.26 Å². The third kappa shape index (κ3) is 4.58. The quantitative estimate of drug-likeness (QED) is 0.728. The summed E-state index contributed by atoms with van der Waals surface area (Å²) in [7, 11) is 1.22. The van der Waals surface area contributed by atoms with Crippen LogP contribution in [0, 0.1) is 11.3 Å². The van der Waals surface area contributed by atoms with Crippen LogP contribution in [0.3, 0.4) is 0 Å². The summed E-state index contributed by atoms with van der Waals surface area (Å²) in [4.78, 5) is 10.6. The molecule has 0 saturated carbocycles. The molecule has 1 amide bonds. The van der Waals surface area contributed by atoms with Crippen molar-refractivity contribution < 1.29 is 9.53 Å². The van der Waals surface area contributed by atoms with Crippen molar-refractivity contribution in [3.05, 3.63) is 11.6 Å². The minimum Gasteiger partial charge on any atom is -0.453 e. The van der Waals surface area contributed by atoms with Gasteiger partial charge in [-0.25, -0.2) is 4.79 Å². The second-order valence-corrected chi connectivity index (χ2v) is 2.57. The van der Waals surface area contributed by atoms with Crippen molar-refractivity contribution in [3.8, 4) is 6.07 Å². The molecule has 1 N–H and O–H groups in total. The number of hydrogen-bond acceptors (Lipinski definition) is 3. The number of nitrogens with one attached hydrogen (secondary N) is 1. The van der Waals surface area contributed by atoms with E-state index in [1.165, 1.54) is 7.11 Å². The highest BCUT2D eigenvalue weighted by atomic mass is 35.5. The molecule has 0 rings (SSSR count). The first-order chi connectivity index (χ1) is 5.60. The number of halogens is 1. The number of hydrogen-bond donors (Lipinski definition) is 1. The van der Waals surface area contributed by atoms with Crippen molar-refractivity contribution in [2.45, 2.75) is 12.5 Å². The lowest BCUT2D eigenvalue weighted by atomic mass is 10.2.